The van der Waals surface area contributed by atoms with Gasteiger partial charge in [0.25, 0.3) is 5.91 Å². The van der Waals surface area contributed by atoms with Crippen molar-refractivity contribution in [2.24, 2.45) is 29.1 Å². The number of ether oxygens (including phenoxy) is 1. The average Bonchev–Trinajstić information content (AvgIpc) is 2.91. The number of amides is 1. The molecule has 0 bridgehead atoms. The van der Waals surface area contributed by atoms with E-state index in [-0.39, 0.29) is 53.1 Å². The van der Waals surface area contributed by atoms with Crippen LogP contribution < -0.4 is 5.32 Å². The van der Waals surface area contributed by atoms with Crippen LogP contribution in [0.25, 0.3) is 0 Å². The molecule has 0 aromatic heterocycles. The molecule has 4 rings (SSSR count). The van der Waals surface area contributed by atoms with Gasteiger partial charge in [-0.2, -0.15) is 0 Å². The molecule has 3 fully saturated rings. The molecule has 1 aliphatic heterocycles. The molecule has 1 heterocycles. The first kappa shape index (κ1) is 18.5. The molecule has 146 valence electrons. The minimum atomic E-state index is -0.408. The maximum atomic E-state index is 13.4. The highest BCUT2D eigenvalue weighted by Crippen LogP contribution is 2.57. The summed E-state index contributed by atoms with van der Waals surface area (Å²) in [5, 5.41) is 3.12. The van der Waals surface area contributed by atoms with Crippen molar-refractivity contribution in [2.75, 3.05) is 0 Å². The van der Waals surface area contributed by atoms with E-state index in [1.165, 1.54) is 12.1 Å². The fraction of sp³-hybridized carbons (Fsp3) is 0.636. The van der Waals surface area contributed by atoms with Gasteiger partial charge >= 0.3 is 5.97 Å². The van der Waals surface area contributed by atoms with Gasteiger partial charge in [0.1, 0.15) is 11.9 Å². The number of carbonyl (C=O) groups is 2. The first-order chi connectivity index (χ1) is 12.8. The molecule has 5 heteroatoms. The highest BCUT2D eigenvalue weighted by atomic mass is 19.1. The van der Waals surface area contributed by atoms with Crippen molar-refractivity contribution in [2.45, 2.75) is 58.6 Å². The van der Waals surface area contributed by atoms with E-state index in [0.717, 1.165) is 25.7 Å². The van der Waals surface area contributed by atoms with Gasteiger partial charge in [-0.1, -0.05) is 26.8 Å². The quantitative estimate of drug-likeness (QED) is 0.799. The number of halogens is 1. The molecule has 1 N–H and O–H groups in total. The second-order valence-electron chi connectivity index (χ2n) is 9.06. The molecule has 0 unspecified atom stereocenters. The van der Waals surface area contributed by atoms with Crippen molar-refractivity contribution in [3.63, 3.8) is 0 Å². The van der Waals surface area contributed by atoms with Gasteiger partial charge in [0.15, 0.2) is 0 Å². The summed E-state index contributed by atoms with van der Waals surface area (Å²) >= 11 is 0. The second-order valence-corrected chi connectivity index (χ2v) is 9.06. The van der Waals surface area contributed by atoms with Crippen LogP contribution in [0.1, 0.15) is 56.8 Å². The van der Waals surface area contributed by atoms with Crippen molar-refractivity contribution in [3.05, 3.63) is 35.6 Å². The third-order valence-electron chi connectivity index (χ3n) is 7.53. The van der Waals surface area contributed by atoms with Crippen LogP contribution in [0.15, 0.2) is 24.3 Å². The Morgan fingerprint density at radius 2 is 2.00 bits per heavy atom. The van der Waals surface area contributed by atoms with Crippen LogP contribution in [0.2, 0.25) is 0 Å². The van der Waals surface area contributed by atoms with Gasteiger partial charge in [-0.3, -0.25) is 9.59 Å². The van der Waals surface area contributed by atoms with Crippen LogP contribution in [0.5, 0.6) is 0 Å². The standard InChI is InChI=1S/C22H28FNO3/c1-12-16-7-9-22(3)10-8-17(13(2)18(22)19(16)27-21(12)26)24-20(25)14-5-4-6-15(23)11-14/h4-6,11-13,16-19H,7-10H2,1-3H3,(H,24,25)/t12-,13+,16-,17-,18+,19-,22-/m0/s1. The number of hydrogen-bond acceptors (Lipinski definition) is 3. The maximum Gasteiger partial charge on any atom is 0.309 e. The van der Waals surface area contributed by atoms with Crippen molar-refractivity contribution in [3.8, 4) is 0 Å². The number of benzene rings is 1. The normalized spacial score (nSPS) is 40.7. The molecule has 7 atom stereocenters. The molecule has 2 saturated carbocycles. The molecule has 1 amide bonds. The zero-order valence-corrected chi connectivity index (χ0v) is 16.2. The van der Waals surface area contributed by atoms with Crippen molar-refractivity contribution in [1.29, 1.82) is 0 Å². The summed E-state index contributed by atoms with van der Waals surface area (Å²) in [5.74, 6) is -0.0195. The van der Waals surface area contributed by atoms with Gasteiger partial charge in [-0.05, 0) is 55.2 Å². The lowest BCUT2D eigenvalue weighted by Gasteiger charge is -2.54. The molecular weight excluding hydrogens is 345 g/mol. The van der Waals surface area contributed by atoms with Gasteiger partial charge in [-0.15, -0.1) is 0 Å². The van der Waals surface area contributed by atoms with Gasteiger partial charge < -0.3 is 10.1 Å². The topological polar surface area (TPSA) is 55.4 Å². The molecule has 1 saturated heterocycles. The second kappa shape index (κ2) is 6.61. The molecule has 4 nitrogen and oxygen atoms in total. The zero-order chi connectivity index (χ0) is 19.3. The lowest BCUT2D eigenvalue weighted by molar-refractivity contribution is -0.153. The van der Waals surface area contributed by atoms with Crippen molar-refractivity contribution >= 4 is 11.9 Å². The predicted molar refractivity (Wildman–Crippen MR) is 99.4 cm³/mol. The van der Waals surface area contributed by atoms with Crippen molar-refractivity contribution < 1.29 is 18.7 Å². The number of carbonyl (C=O) groups excluding carboxylic acids is 2. The lowest BCUT2D eigenvalue weighted by Crippen LogP contribution is -2.57. The summed E-state index contributed by atoms with van der Waals surface area (Å²) in [6.07, 6.45) is 4.00. The van der Waals surface area contributed by atoms with E-state index in [1.54, 1.807) is 12.1 Å². The highest BCUT2D eigenvalue weighted by molar-refractivity contribution is 5.94. The van der Waals surface area contributed by atoms with Gasteiger partial charge in [0, 0.05) is 23.4 Å². The van der Waals surface area contributed by atoms with Crippen LogP contribution in [-0.4, -0.2) is 24.0 Å². The van der Waals surface area contributed by atoms with E-state index in [2.05, 4.69) is 19.2 Å². The van der Waals surface area contributed by atoms with E-state index < -0.39 is 5.82 Å². The SMILES string of the molecule is C[C@H]1[C@@H]2[C@H]3OC(=O)[C@@H](C)[C@@H]3CC[C@@]2(C)CC[C@@H]1NC(=O)c1cccc(F)c1. The van der Waals surface area contributed by atoms with Gasteiger partial charge in [0.2, 0.25) is 0 Å². The van der Waals surface area contributed by atoms with E-state index in [1.807, 2.05) is 6.92 Å². The Bertz CT molecular complexity index is 766. The number of fused-ring (bicyclic) bond motifs is 3. The van der Waals surface area contributed by atoms with Crippen molar-refractivity contribution in [1.82, 2.24) is 5.32 Å². The largest absolute Gasteiger partial charge is 0.462 e. The Morgan fingerprint density at radius 3 is 2.74 bits per heavy atom. The van der Waals surface area contributed by atoms with Gasteiger partial charge in [0.05, 0.1) is 5.92 Å². The smallest absolute Gasteiger partial charge is 0.309 e. The molecule has 27 heavy (non-hydrogen) atoms. The van der Waals surface area contributed by atoms with Crippen LogP contribution >= 0.6 is 0 Å². The molecule has 1 aromatic rings. The Labute approximate surface area is 159 Å². The third kappa shape index (κ3) is 3.05. The monoisotopic (exact) mass is 373 g/mol. The summed E-state index contributed by atoms with van der Waals surface area (Å²) in [4.78, 5) is 24.8. The highest BCUT2D eigenvalue weighted by Gasteiger charge is 2.58. The van der Waals surface area contributed by atoms with Crippen LogP contribution in [0.4, 0.5) is 4.39 Å². The van der Waals surface area contributed by atoms with E-state index in [9.17, 15) is 14.0 Å². The molecular formula is C22H28FNO3. The number of rotatable bonds is 2. The molecule has 0 radical (unpaired) electrons. The Kier molecular flexibility index (Phi) is 4.52. The zero-order valence-electron chi connectivity index (χ0n) is 16.2. The maximum absolute atomic E-state index is 13.4. The number of nitrogens with one attached hydrogen (secondary N) is 1. The lowest BCUT2D eigenvalue weighted by atomic mass is 9.52. The first-order valence-corrected chi connectivity index (χ1v) is 10.1. The number of esters is 1. The molecule has 3 aliphatic rings. The first-order valence-electron chi connectivity index (χ1n) is 10.1. The summed E-state index contributed by atoms with van der Waals surface area (Å²) in [6.45, 7) is 6.45. The van der Waals surface area contributed by atoms with E-state index >= 15 is 0 Å². The fourth-order valence-electron chi connectivity index (χ4n) is 5.91. The molecule has 0 spiro atoms. The predicted octanol–water partition coefficient (Wildman–Crippen LogP) is 3.95. The third-order valence-corrected chi connectivity index (χ3v) is 7.53. The van der Waals surface area contributed by atoms with Crippen LogP contribution in [0.3, 0.4) is 0 Å². The Morgan fingerprint density at radius 1 is 1.26 bits per heavy atom. The van der Waals surface area contributed by atoms with E-state index in [0.29, 0.717) is 5.56 Å². The minimum Gasteiger partial charge on any atom is -0.462 e. The summed E-state index contributed by atoms with van der Waals surface area (Å²) in [7, 11) is 0. The van der Waals surface area contributed by atoms with Crippen LogP contribution in [0, 0.1) is 34.9 Å². The molecule has 1 aromatic carbocycles. The summed E-state index contributed by atoms with van der Waals surface area (Å²) in [5.41, 5.74) is 0.489. The van der Waals surface area contributed by atoms with E-state index in [4.69, 9.17) is 4.74 Å². The molecule has 2 aliphatic carbocycles. The fourth-order valence-corrected chi connectivity index (χ4v) is 5.91. The van der Waals surface area contributed by atoms with Crippen LogP contribution in [-0.2, 0) is 9.53 Å². The summed E-state index contributed by atoms with van der Waals surface area (Å²) in [6, 6.07) is 5.80. The summed E-state index contributed by atoms with van der Waals surface area (Å²) < 4.78 is 19.3. The van der Waals surface area contributed by atoms with Gasteiger partial charge in [-0.25, -0.2) is 4.39 Å². The number of hydrogen-bond donors (Lipinski definition) is 1. The Balaban J connectivity index is 1.54. The average molecular weight is 373 g/mol. The minimum absolute atomic E-state index is 0.00667. The Hall–Kier alpha value is -1.91.